The molecule has 26 heavy (non-hydrogen) atoms. The highest BCUT2D eigenvalue weighted by atomic mass is 16.4. The van der Waals surface area contributed by atoms with Gasteiger partial charge in [-0.2, -0.15) is 0 Å². The molecule has 1 amide bonds. The third-order valence-corrected chi connectivity index (χ3v) is 4.51. The minimum Gasteiger partial charge on any atom is -0.480 e. The Labute approximate surface area is 154 Å². The van der Waals surface area contributed by atoms with Crippen molar-refractivity contribution in [1.82, 2.24) is 5.32 Å². The number of carboxylic acid groups (broad SMARTS) is 1. The zero-order chi connectivity index (χ0) is 18.8. The SMILES string of the molecule is N[C@](CCC(=O)NCCc1ccccc1)(CCc1ccccc1)C(=O)O. The molecule has 138 valence electrons. The minimum absolute atomic E-state index is 0.104. The van der Waals surface area contributed by atoms with Crippen molar-refractivity contribution in [2.24, 2.45) is 5.73 Å². The first kappa shape index (κ1) is 19.7. The van der Waals surface area contributed by atoms with Gasteiger partial charge in [-0.05, 0) is 36.8 Å². The molecule has 0 bridgehead atoms. The Kier molecular flexibility index (Phi) is 7.36. The molecule has 0 heterocycles. The van der Waals surface area contributed by atoms with Gasteiger partial charge in [0.1, 0.15) is 5.54 Å². The predicted molar refractivity (Wildman–Crippen MR) is 102 cm³/mol. The second kappa shape index (κ2) is 9.73. The molecule has 5 nitrogen and oxygen atoms in total. The summed E-state index contributed by atoms with van der Waals surface area (Å²) in [6, 6.07) is 19.5. The Morgan fingerprint density at radius 3 is 1.96 bits per heavy atom. The number of amides is 1. The standard InChI is InChI=1S/C21H26N2O3/c22-21(20(25)26,14-11-17-7-3-1-4-8-17)15-12-19(24)23-16-13-18-9-5-2-6-10-18/h1-10H,11-16,22H2,(H,23,24)(H,25,26)/t21-/m0/s1. The number of carbonyl (C=O) groups excluding carboxylic acids is 1. The third kappa shape index (κ3) is 6.33. The van der Waals surface area contributed by atoms with Crippen LogP contribution >= 0.6 is 0 Å². The van der Waals surface area contributed by atoms with Crippen LogP contribution in [0.25, 0.3) is 0 Å². The lowest BCUT2D eigenvalue weighted by molar-refractivity contribution is -0.144. The summed E-state index contributed by atoms with van der Waals surface area (Å²) in [7, 11) is 0. The molecule has 0 radical (unpaired) electrons. The van der Waals surface area contributed by atoms with Gasteiger partial charge in [0, 0.05) is 13.0 Å². The zero-order valence-corrected chi connectivity index (χ0v) is 14.9. The van der Waals surface area contributed by atoms with Crippen molar-refractivity contribution < 1.29 is 14.7 Å². The average Bonchev–Trinajstić information content (AvgIpc) is 2.66. The van der Waals surface area contributed by atoms with Gasteiger partial charge in [-0.15, -0.1) is 0 Å². The lowest BCUT2D eigenvalue weighted by Gasteiger charge is -2.24. The highest BCUT2D eigenvalue weighted by Gasteiger charge is 2.33. The molecule has 5 heteroatoms. The summed E-state index contributed by atoms with van der Waals surface area (Å²) in [5, 5.41) is 12.3. The zero-order valence-electron chi connectivity index (χ0n) is 14.9. The topological polar surface area (TPSA) is 92.4 Å². The van der Waals surface area contributed by atoms with E-state index in [-0.39, 0.29) is 18.7 Å². The van der Waals surface area contributed by atoms with E-state index in [1.807, 2.05) is 60.7 Å². The Bertz CT molecular complexity index is 704. The summed E-state index contributed by atoms with van der Waals surface area (Å²) in [5.41, 5.74) is 6.87. The quantitative estimate of drug-likeness (QED) is 0.611. The molecule has 0 saturated carbocycles. The maximum absolute atomic E-state index is 12.0. The van der Waals surface area contributed by atoms with E-state index in [9.17, 15) is 14.7 Å². The van der Waals surface area contributed by atoms with Gasteiger partial charge in [0.05, 0.1) is 0 Å². The van der Waals surface area contributed by atoms with Crippen molar-refractivity contribution in [2.75, 3.05) is 6.54 Å². The van der Waals surface area contributed by atoms with E-state index >= 15 is 0 Å². The Morgan fingerprint density at radius 2 is 1.42 bits per heavy atom. The Morgan fingerprint density at radius 1 is 0.885 bits per heavy atom. The van der Waals surface area contributed by atoms with E-state index in [4.69, 9.17) is 5.73 Å². The maximum Gasteiger partial charge on any atom is 0.323 e. The van der Waals surface area contributed by atoms with Crippen molar-refractivity contribution in [3.8, 4) is 0 Å². The number of nitrogens with two attached hydrogens (primary N) is 1. The van der Waals surface area contributed by atoms with Gasteiger partial charge in [0.25, 0.3) is 0 Å². The number of carboxylic acids is 1. The molecular formula is C21H26N2O3. The number of aryl methyl sites for hydroxylation is 1. The Balaban J connectivity index is 1.77. The molecule has 0 aliphatic heterocycles. The molecule has 2 aromatic rings. The second-order valence-corrected chi connectivity index (χ2v) is 6.53. The van der Waals surface area contributed by atoms with E-state index in [1.165, 1.54) is 0 Å². The van der Waals surface area contributed by atoms with Gasteiger partial charge >= 0.3 is 5.97 Å². The van der Waals surface area contributed by atoms with Crippen molar-refractivity contribution in [1.29, 1.82) is 0 Å². The molecule has 0 fully saturated rings. The third-order valence-electron chi connectivity index (χ3n) is 4.51. The number of carbonyl (C=O) groups is 2. The molecule has 0 unspecified atom stereocenters. The summed E-state index contributed by atoms with van der Waals surface area (Å²) in [4.78, 5) is 23.6. The van der Waals surface area contributed by atoms with Gasteiger partial charge in [-0.1, -0.05) is 60.7 Å². The van der Waals surface area contributed by atoms with Gasteiger partial charge in [0.15, 0.2) is 0 Å². The van der Waals surface area contributed by atoms with Crippen LogP contribution in [0.1, 0.15) is 30.4 Å². The summed E-state index contributed by atoms with van der Waals surface area (Å²) < 4.78 is 0. The Hall–Kier alpha value is -2.66. The van der Waals surface area contributed by atoms with Crippen LogP contribution in [0.4, 0.5) is 0 Å². The number of nitrogens with one attached hydrogen (secondary N) is 1. The van der Waals surface area contributed by atoms with Crippen LogP contribution in [-0.2, 0) is 22.4 Å². The van der Waals surface area contributed by atoms with E-state index in [2.05, 4.69) is 5.32 Å². The molecule has 0 aliphatic rings. The van der Waals surface area contributed by atoms with Crippen LogP contribution in [0.15, 0.2) is 60.7 Å². The van der Waals surface area contributed by atoms with Crippen LogP contribution in [0.5, 0.6) is 0 Å². The lowest BCUT2D eigenvalue weighted by Crippen LogP contribution is -2.49. The van der Waals surface area contributed by atoms with Gasteiger partial charge in [-0.3, -0.25) is 9.59 Å². The number of aliphatic carboxylic acids is 1. The van der Waals surface area contributed by atoms with Gasteiger partial charge in [-0.25, -0.2) is 0 Å². The first-order valence-electron chi connectivity index (χ1n) is 8.86. The van der Waals surface area contributed by atoms with Crippen molar-refractivity contribution >= 4 is 11.9 Å². The summed E-state index contributed by atoms with van der Waals surface area (Å²) in [6.07, 6.45) is 1.83. The van der Waals surface area contributed by atoms with Crippen molar-refractivity contribution in [2.45, 2.75) is 37.6 Å². The van der Waals surface area contributed by atoms with E-state index in [0.29, 0.717) is 19.4 Å². The van der Waals surface area contributed by atoms with Crippen LogP contribution < -0.4 is 11.1 Å². The fourth-order valence-corrected chi connectivity index (χ4v) is 2.77. The van der Waals surface area contributed by atoms with Gasteiger partial charge in [0.2, 0.25) is 5.91 Å². The van der Waals surface area contributed by atoms with Crippen molar-refractivity contribution in [3.63, 3.8) is 0 Å². The molecule has 0 saturated heterocycles. The fraction of sp³-hybridized carbons (Fsp3) is 0.333. The fourth-order valence-electron chi connectivity index (χ4n) is 2.77. The van der Waals surface area contributed by atoms with E-state index in [0.717, 1.165) is 17.5 Å². The maximum atomic E-state index is 12.0. The van der Waals surface area contributed by atoms with Crippen LogP contribution in [0.3, 0.4) is 0 Å². The predicted octanol–water partition coefficient (Wildman–Crippen LogP) is 2.54. The molecule has 0 spiro atoms. The first-order valence-corrected chi connectivity index (χ1v) is 8.86. The second-order valence-electron chi connectivity index (χ2n) is 6.53. The first-order chi connectivity index (χ1) is 12.5. The highest BCUT2D eigenvalue weighted by molar-refractivity contribution is 5.81. The normalized spacial score (nSPS) is 13.0. The molecule has 2 aromatic carbocycles. The van der Waals surface area contributed by atoms with E-state index < -0.39 is 11.5 Å². The molecule has 2 rings (SSSR count). The van der Waals surface area contributed by atoms with Crippen molar-refractivity contribution in [3.05, 3.63) is 71.8 Å². The van der Waals surface area contributed by atoms with Crippen LogP contribution in [0.2, 0.25) is 0 Å². The molecule has 1 atom stereocenters. The number of benzene rings is 2. The number of rotatable bonds is 10. The number of hydrogen-bond acceptors (Lipinski definition) is 3. The van der Waals surface area contributed by atoms with Gasteiger partial charge < -0.3 is 16.2 Å². The molecule has 0 aliphatic carbocycles. The lowest BCUT2D eigenvalue weighted by atomic mass is 9.87. The largest absolute Gasteiger partial charge is 0.480 e. The van der Waals surface area contributed by atoms with Crippen LogP contribution in [-0.4, -0.2) is 29.1 Å². The molecule has 4 N–H and O–H groups in total. The summed E-state index contributed by atoms with van der Waals surface area (Å²) in [6.45, 7) is 0.525. The van der Waals surface area contributed by atoms with Crippen LogP contribution in [0, 0.1) is 0 Å². The molecular weight excluding hydrogens is 328 g/mol. The molecule has 0 aromatic heterocycles. The minimum atomic E-state index is -1.40. The average molecular weight is 354 g/mol. The smallest absolute Gasteiger partial charge is 0.323 e. The summed E-state index contributed by atoms with van der Waals surface area (Å²) in [5.74, 6) is -1.23. The highest BCUT2D eigenvalue weighted by Crippen LogP contribution is 2.18. The monoisotopic (exact) mass is 354 g/mol. The van der Waals surface area contributed by atoms with E-state index in [1.54, 1.807) is 0 Å². The summed E-state index contributed by atoms with van der Waals surface area (Å²) >= 11 is 0. The number of hydrogen-bond donors (Lipinski definition) is 3.